The predicted molar refractivity (Wildman–Crippen MR) is 132 cm³/mol. The number of carbonyl (C=O) groups excluding carboxylic acids is 2. The van der Waals surface area contributed by atoms with Gasteiger partial charge in [0.05, 0.1) is 24.0 Å². The Morgan fingerprint density at radius 3 is 2.65 bits per heavy atom. The van der Waals surface area contributed by atoms with E-state index in [9.17, 15) is 14.0 Å². The van der Waals surface area contributed by atoms with Crippen LogP contribution in [0.4, 0.5) is 4.39 Å². The largest absolute Gasteiger partial charge is 0.456 e. The van der Waals surface area contributed by atoms with E-state index in [0.29, 0.717) is 29.6 Å². The molecule has 1 saturated heterocycles. The predicted octanol–water partition coefficient (Wildman–Crippen LogP) is 4.54. The van der Waals surface area contributed by atoms with E-state index in [1.807, 2.05) is 24.3 Å². The minimum absolute atomic E-state index is 0.0594. The average molecular weight is 509 g/mol. The third-order valence-electron chi connectivity index (χ3n) is 4.99. The molecule has 0 aliphatic carbocycles. The molecule has 1 amide bonds. The van der Waals surface area contributed by atoms with Crippen LogP contribution in [-0.4, -0.2) is 60.5 Å². The van der Waals surface area contributed by atoms with Crippen molar-refractivity contribution in [1.82, 2.24) is 10.2 Å². The Morgan fingerprint density at radius 2 is 1.97 bits per heavy atom. The second-order valence-electron chi connectivity index (χ2n) is 9.09. The van der Waals surface area contributed by atoms with E-state index in [2.05, 4.69) is 10.2 Å². The molecule has 1 atom stereocenters. The molecular formula is C25H30ClFN2O4S. The number of carbonyl (C=O) groups is 2. The molecule has 0 spiro atoms. The van der Waals surface area contributed by atoms with E-state index < -0.39 is 17.4 Å². The first kappa shape index (κ1) is 26.5. The highest BCUT2D eigenvalue weighted by Gasteiger charge is 2.22. The van der Waals surface area contributed by atoms with Crippen LogP contribution in [0.1, 0.15) is 36.7 Å². The fourth-order valence-electron chi connectivity index (χ4n) is 3.40. The summed E-state index contributed by atoms with van der Waals surface area (Å²) in [6.45, 7) is 8.55. The number of hydrogen-bond acceptors (Lipinski definition) is 6. The molecule has 1 aliphatic rings. The third-order valence-corrected chi connectivity index (χ3v) is 6.30. The number of esters is 1. The summed E-state index contributed by atoms with van der Waals surface area (Å²) in [7, 11) is 0. The number of benzene rings is 2. The summed E-state index contributed by atoms with van der Waals surface area (Å²) in [5.41, 5.74) is 0.651. The van der Waals surface area contributed by atoms with Gasteiger partial charge in [0.2, 0.25) is 5.91 Å². The summed E-state index contributed by atoms with van der Waals surface area (Å²) < 4.78 is 25.5. The Bertz CT molecular complexity index is 997. The van der Waals surface area contributed by atoms with Crippen molar-refractivity contribution in [2.45, 2.75) is 43.9 Å². The minimum atomic E-state index is -0.659. The Hall–Kier alpha value is -2.13. The summed E-state index contributed by atoms with van der Waals surface area (Å²) in [5.74, 6) is -1.30. The molecular weight excluding hydrogens is 479 g/mol. The van der Waals surface area contributed by atoms with Crippen LogP contribution in [-0.2, 0) is 20.8 Å². The molecule has 1 fully saturated rings. The molecule has 0 radical (unpaired) electrons. The first-order valence-electron chi connectivity index (χ1n) is 11.1. The summed E-state index contributed by atoms with van der Waals surface area (Å²) in [4.78, 5) is 27.0. The Morgan fingerprint density at radius 1 is 1.24 bits per heavy atom. The zero-order chi connectivity index (χ0) is 24.7. The van der Waals surface area contributed by atoms with E-state index in [1.54, 1.807) is 20.8 Å². The maximum absolute atomic E-state index is 14.4. The van der Waals surface area contributed by atoms with Crippen molar-refractivity contribution in [3.8, 4) is 0 Å². The molecule has 184 valence electrons. The fourth-order valence-corrected chi connectivity index (χ4v) is 4.28. The van der Waals surface area contributed by atoms with Crippen molar-refractivity contribution in [3.63, 3.8) is 0 Å². The van der Waals surface area contributed by atoms with Gasteiger partial charge < -0.3 is 14.8 Å². The molecule has 0 unspecified atom stereocenters. The molecule has 1 heterocycles. The van der Waals surface area contributed by atoms with E-state index >= 15 is 0 Å². The number of halogens is 2. The molecule has 9 heteroatoms. The smallest absolute Gasteiger partial charge is 0.338 e. The van der Waals surface area contributed by atoms with Crippen molar-refractivity contribution >= 4 is 35.2 Å². The lowest BCUT2D eigenvalue weighted by atomic mass is 10.1. The molecule has 34 heavy (non-hydrogen) atoms. The third kappa shape index (κ3) is 8.58. The van der Waals surface area contributed by atoms with Gasteiger partial charge in [0, 0.05) is 36.1 Å². The minimum Gasteiger partial charge on any atom is -0.456 e. The van der Waals surface area contributed by atoms with Gasteiger partial charge in [-0.2, -0.15) is 0 Å². The van der Waals surface area contributed by atoms with Crippen LogP contribution < -0.4 is 5.32 Å². The van der Waals surface area contributed by atoms with Gasteiger partial charge in [-0.15, -0.1) is 11.8 Å². The van der Waals surface area contributed by atoms with E-state index in [1.165, 1.54) is 17.7 Å². The van der Waals surface area contributed by atoms with Crippen LogP contribution >= 0.6 is 23.4 Å². The van der Waals surface area contributed by atoms with E-state index in [4.69, 9.17) is 21.1 Å². The van der Waals surface area contributed by atoms with Crippen molar-refractivity contribution in [3.05, 3.63) is 64.4 Å². The van der Waals surface area contributed by atoms with Gasteiger partial charge in [-0.3, -0.25) is 9.69 Å². The first-order valence-corrected chi connectivity index (χ1v) is 12.5. The molecule has 3 rings (SSSR count). The van der Waals surface area contributed by atoms with E-state index in [0.717, 1.165) is 30.9 Å². The first-order chi connectivity index (χ1) is 16.1. The normalized spacial score (nSPS) is 16.8. The van der Waals surface area contributed by atoms with Gasteiger partial charge in [0.1, 0.15) is 11.4 Å². The molecule has 1 aliphatic heterocycles. The van der Waals surface area contributed by atoms with Gasteiger partial charge in [0.25, 0.3) is 0 Å². The van der Waals surface area contributed by atoms with Crippen molar-refractivity contribution < 1.29 is 23.5 Å². The van der Waals surface area contributed by atoms with Crippen molar-refractivity contribution in [2.75, 3.05) is 32.0 Å². The number of ether oxygens (including phenoxy) is 2. The fraction of sp³-hybridized carbons (Fsp3) is 0.440. The number of rotatable bonds is 8. The van der Waals surface area contributed by atoms with Crippen LogP contribution in [0.15, 0.2) is 47.4 Å². The van der Waals surface area contributed by atoms with Gasteiger partial charge in [-0.1, -0.05) is 23.7 Å². The molecule has 0 saturated carbocycles. The standard InChI is InChI=1S/C25H30ClFN2O4S/c1-25(2,3)33-24(31)18-6-9-22(21(27)12-18)34-16-23(30)28-13-20-15-29(10-11-32-20)14-17-4-7-19(26)8-5-17/h4-9,12,20H,10-11,13-16H2,1-3H3,(H,28,30)/t20-/m0/s1. The molecule has 0 bridgehead atoms. The second kappa shape index (κ2) is 12.0. The lowest BCUT2D eigenvalue weighted by molar-refractivity contribution is -0.119. The highest BCUT2D eigenvalue weighted by Crippen LogP contribution is 2.24. The number of hydrogen-bond donors (Lipinski definition) is 1. The van der Waals surface area contributed by atoms with Gasteiger partial charge in [-0.25, -0.2) is 9.18 Å². The lowest BCUT2D eigenvalue weighted by Crippen LogP contribution is -2.47. The number of morpholine rings is 1. The average Bonchev–Trinajstić information content (AvgIpc) is 2.77. The quantitative estimate of drug-likeness (QED) is 0.417. The summed E-state index contributed by atoms with van der Waals surface area (Å²) >= 11 is 7.02. The lowest BCUT2D eigenvalue weighted by Gasteiger charge is -2.33. The summed E-state index contributed by atoms with van der Waals surface area (Å²) in [6, 6.07) is 11.9. The van der Waals surface area contributed by atoms with Gasteiger partial charge in [-0.05, 0) is 56.7 Å². The second-order valence-corrected chi connectivity index (χ2v) is 10.5. The number of amides is 1. The molecule has 6 nitrogen and oxygen atoms in total. The monoisotopic (exact) mass is 508 g/mol. The summed E-state index contributed by atoms with van der Waals surface area (Å²) in [5, 5.41) is 3.58. The maximum atomic E-state index is 14.4. The van der Waals surface area contributed by atoms with Crippen LogP contribution in [0.2, 0.25) is 5.02 Å². The molecule has 1 N–H and O–H groups in total. The molecule has 2 aromatic rings. The van der Waals surface area contributed by atoms with Crippen LogP contribution in [0.5, 0.6) is 0 Å². The van der Waals surface area contributed by atoms with Crippen LogP contribution in [0, 0.1) is 5.82 Å². The number of thioether (sulfide) groups is 1. The topological polar surface area (TPSA) is 67.9 Å². The highest BCUT2D eigenvalue weighted by molar-refractivity contribution is 8.00. The van der Waals surface area contributed by atoms with Gasteiger partial charge >= 0.3 is 5.97 Å². The highest BCUT2D eigenvalue weighted by atomic mass is 35.5. The van der Waals surface area contributed by atoms with Crippen molar-refractivity contribution in [2.24, 2.45) is 0 Å². The SMILES string of the molecule is CC(C)(C)OC(=O)c1ccc(SCC(=O)NC[C@H]2CN(Cc3ccc(Cl)cc3)CCO2)c(F)c1. The van der Waals surface area contributed by atoms with Crippen molar-refractivity contribution in [1.29, 1.82) is 0 Å². The Kier molecular flexibility index (Phi) is 9.36. The zero-order valence-electron chi connectivity index (χ0n) is 19.6. The number of nitrogens with one attached hydrogen (secondary N) is 1. The van der Waals surface area contributed by atoms with Crippen LogP contribution in [0.25, 0.3) is 0 Å². The van der Waals surface area contributed by atoms with E-state index in [-0.39, 0.29) is 23.3 Å². The number of nitrogens with zero attached hydrogens (tertiary/aromatic N) is 1. The summed E-state index contributed by atoms with van der Waals surface area (Å²) in [6.07, 6.45) is -0.111. The zero-order valence-corrected chi connectivity index (χ0v) is 21.2. The maximum Gasteiger partial charge on any atom is 0.338 e. The van der Waals surface area contributed by atoms with Crippen LogP contribution in [0.3, 0.4) is 0 Å². The Balaban J connectivity index is 1.42. The molecule has 0 aromatic heterocycles. The molecule has 2 aromatic carbocycles. The Labute approximate surface area is 209 Å². The van der Waals surface area contributed by atoms with Gasteiger partial charge in [0.15, 0.2) is 0 Å².